The number of hydrogen-bond donors (Lipinski definition) is 0. The number of ketones is 1. The number of hydrogen-bond acceptors (Lipinski definition) is 3. The molecule has 0 bridgehead atoms. The summed E-state index contributed by atoms with van der Waals surface area (Å²) in [5.41, 5.74) is 1.70. The minimum atomic E-state index is -0.718. The molecule has 5 heteroatoms. The van der Waals surface area contributed by atoms with Crippen LogP contribution in [0.15, 0.2) is 24.3 Å². The molecule has 0 saturated heterocycles. The molecule has 1 aromatic heterocycles. The van der Waals surface area contributed by atoms with E-state index in [0.29, 0.717) is 17.0 Å². The van der Waals surface area contributed by atoms with Crippen molar-refractivity contribution in [2.45, 2.75) is 20.3 Å². The standard InChI is InChI=1S/C14H12F2N2O/c1-8-5-12(9(2)18-17-8)14(19)6-10-3-4-11(15)7-13(10)16/h3-5,7H,6H2,1-2H3. The lowest BCUT2D eigenvalue weighted by Crippen LogP contribution is -2.09. The Kier molecular flexibility index (Phi) is 3.64. The first-order chi connectivity index (χ1) is 8.97. The molecular formula is C14H12F2N2O. The van der Waals surface area contributed by atoms with Crippen molar-refractivity contribution in [2.75, 3.05) is 0 Å². The maximum absolute atomic E-state index is 13.5. The molecule has 1 heterocycles. The SMILES string of the molecule is Cc1cc(C(=O)Cc2ccc(F)cc2F)c(C)nn1. The second-order valence-electron chi connectivity index (χ2n) is 4.32. The average Bonchev–Trinajstić information content (AvgIpc) is 2.35. The molecule has 0 radical (unpaired) electrons. The molecule has 0 aliphatic carbocycles. The van der Waals surface area contributed by atoms with Gasteiger partial charge in [0.2, 0.25) is 0 Å². The molecule has 2 aromatic rings. The van der Waals surface area contributed by atoms with Crippen LogP contribution in [0.5, 0.6) is 0 Å². The molecule has 0 saturated carbocycles. The topological polar surface area (TPSA) is 42.9 Å². The Balaban J connectivity index is 2.28. The van der Waals surface area contributed by atoms with Crippen LogP contribution in [0.4, 0.5) is 8.78 Å². The van der Waals surface area contributed by atoms with Crippen molar-refractivity contribution in [2.24, 2.45) is 0 Å². The third-order valence-corrected chi connectivity index (χ3v) is 2.77. The summed E-state index contributed by atoms with van der Waals surface area (Å²) in [7, 11) is 0. The zero-order chi connectivity index (χ0) is 14.0. The van der Waals surface area contributed by atoms with Gasteiger partial charge in [-0.25, -0.2) is 8.78 Å². The zero-order valence-corrected chi connectivity index (χ0v) is 10.6. The molecule has 0 amide bonds. The number of nitrogens with zero attached hydrogens (tertiary/aromatic N) is 2. The van der Waals surface area contributed by atoms with Gasteiger partial charge < -0.3 is 0 Å². The van der Waals surface area contributed by atoms with E-state index in [2.05, 4.69) is 10.2 Å². The second-order valence-corrected chi connectivity index (χ2v) is 4.32. The normalized spacial score (nSPS) is 10.5. The van der Waals surface area contributed by atoms with Crippen molar-refractivity contribution in [1.29, 1.82) is 0 Å². The first kappa shape index (κ1) is 13.3. The highest BCUT2D eigenvalue weighted by atomic mass is 19.1. The van der Waals surface area contributed by atoms with Crippen LogP contribution < -0.4 is 0 Å². The van der Waals surface area contributed by atoms with E-state index in [1.54, 1.807) is 19.9 Å². The summed E-state index contributed by atoms with van der Waals surface area (Å²) in [6.45, 7) is 3.39. The Hall–Kier alpha value is -2.17. The number of carbonyl (C=O) groups is 1. The number of halogens is 2. The highest BCUT2D eigenvalue weighted by Crippen LogP contribution is 2.14. The Labute approximate surface area is 109 Å². The Bertz CT molecular complexity index is 641. The van der Waals surface area contributed by atoms with Crippen LogP contribution in [0.2, 0.25) is 0 Å². The van der Waals surface area contributed by atoms with Crippen LogP contribution in [0.25, 0.3) is 0 Å². The molecule has 0 aliphatic heterocycles. The van der Waals surface area contributed by atoms with Crippen molar-refractivity contribution in [3.8, 4) is 0 Å². The fourth-order valence-electron chi connectivity index (χ4n) is 1.77. The van der Waals surface area contributed by atoms with Gasteiger partial charge in [0.15, 0.2) is 5.78 Å². The fourth-order valence-corrected chi connectivity index (χ4v) is 1.77. The van der Waals surface area contributed by atoms with Crippen LogP contribution in [-0.2, 0) is 6.42 Å². The quantitative estimate of drug-likeness (QED) is 0.799. The van der Waals surface area contributed by atoms with Gasteiger partial charge in [-0.15, -0.1) is 0 Å². The van der Waals surface area contributed by atoms with Gasteiger partial charge in [-0.05, 0) is 31.5 Å². The van der Waals surface area contributed by atoms with Crippen molar-refractivity contribution >= 4 is 5.78 Å². The van der Waals surface area contributed by atoms with Gasteiger partial charge in [0, 0.05) is 18.1 Å². The van der Waals surface area contributed by atoms with Crippen molar-refractivity contribution in [3.05, 3.63) is 58.4 Å². The minimum Gasteiger partial charge on any atom is -0.294 e. The van der Waals surface area contributed by atoms with E-state index in [9.17, 15) is 13.6 Å². The summed E-state index contributed by atoms with van der Waals surface area (Å²) in [6.07, 6.45) is -0.127. The summed E-state index contributed by atoms with van der Waals surface area (Å²) >= 11 is 0. The Morgan fingerprint density at radius 2 is 1.89 bits per heavy atom. The first-order valence-corrected chi connectivity index (χ1v) is 5.75. The van der Waals surface area contributed by atoms with E-state index in [0.717, 1.165) is 12.1 Å². The van der Waals surface area contributed by atoms with E-state index in [1.165, 1.54) is 6.07 Å². The average molecular weight is 262 g/mol. The third-order valence-electron chi connectivity index (χ3n) is 2.77. The summed E-state index contributed by atoms with van der Waals surface area (Å²) in [5.74, 6) is -1.64. The molecule has 0 atom stereocenters. The number of aromatic nitrogens is 2. The monoisotopic (exact) mass is 262 g/mol. The maximum atomic E-state index is 13.5. The number of carbonyl (C=O) groups excluding carboxylic acids is 1. The van der Waals surface area contributed by atoms with E-state index >= 15 is 0 Å². The van der Waals surface area contributed by atoms with Gasteiger partial charge in [-0.1, -0.05) is 6.07 Å². The molecule has 0 fully saturated rings. The summed E-state index contributed by atoms with van der Waals surface area (Å²) in [5, 5.41) is 7.69. The lowest BCUT2D eigenvalue weighted by atomic mass is 10.0. The van der Waals surface area contributed by atoms with E-state index in [4.69, 9.17) is 0 Å². The van der Waals surface area contributed by atoms with Gasteiger partial charge in [-0.3, -0.25) is 4.79 Å². The first-order valence-electron chi connectivity index (χ1n) is 5.75. The molecule has 0 N–H and O–H groups in total. The molecule has 3 nitrogen and oxygen atoms in total. The second kappa shape index (κ2) is 5.22. The number of rotatable bonds is 3. The minimum absolute atomic E-state index is 0.127. The predicted molar refractivity (Wildman–Crippen MR) is 65.9 cm³/mol. The third kappa shape index (κ3) is 2.99. The molecule has 1 aromatic carbocycles. The zero-order valence-electron chi connectivity index (χ0n) is 10.6. The Morgan fingerprint density at radius 1 is 1.16 bits per heavy atom. The highest BCUT2D eigenvalue weighted by molar-refractivity contribution is 5.98. The van der Waals surface area contributed by atoms with Crippen molar-refractivity contribution < 1.29 is 13.6 Å². The number of benzene rings is 1. The highest BCUT2D eigenvalue weighted by Gasteiger charge is 2.14. The lowest BCUT2D eigenvalue weighted by Gasteiger charge is -2.06. The van der Waals surface area contributed by atoms with E-state index in [-0.39, 0.29) is 17.8 Å². The van der Waals surface area contributed by atoms with Crippen LogP contribution in [0, 0.1) is 25.5 Å². The largest absolute Gasteiger partial charge is 0.294 e. The summed E-state index contributed by atoms with van der Waals surface area (Å²) in [6, 6.07) is 4.80. The van der Waals surface area contributed by atoms with Crippen molar-refractivity contribution in [1.82, 2.24) is 10.2 Å². The smallest absolute Gasteiger partial charge is 0.169 e. The lowest BCUT2D eigenvalue weighted by molar-refractivity contribution is 0.0990. The van der Waals surface area contributed by atoms with Crippen LogP contribution >= 0.6 is 0 Å². The van der Waals surface area contributed by atoms with E-state index in [1.807, 2.05) is 0 Å². The predicted octanol–water partition coefficient (Wildman–Crippen LogP) is 2.80. The van der Waals surface area contributed by atoms with Gasteiger partial charge in [0.25, 0.3) is 0 Å². The van der Waals surface area contributed by atoms with Crippen LogP contribution in [-0.4, -0.2) is 16.0 Å². The van der Waals surface area contributed by atoms with Gasteiger partial charge in [0.1, 0.15) is 11.6 Å². The van der Waals surface area contributed by atoms with Crippen LogP contribution in [0.1, 0.15) is 27.3 Å². The fraction of sp³-hybridized carbons (Fsp3) is 0.214. The molecule has 0 unspecified atom stereocenters. The number of Topliss-reactive ketones (excluding diaryl/α,β-unsaturated/α-hetero) is 1. The number of aryl methyl sites for hydroxylation is 2. The van der Waals surface area contributed by atoms with Crippen LogP contribution in [0.3, 0.4) is 0 Å². The Morgan fingerprint density at radius 3 is 2.58 bits per heavy atom. The molecule has 98 valence electrons. The van der Waals surface area contributed by atoms with E-state index < -0.39 is 11.6 Å². The van der Waals surface area contributed by atoms with Crippen molar-refractivity contribution in [3.63, 3.8) is 0 Å². The molecule has 0 aliphatic rings. The molecule has 0 spiro atoms. The molecule has 19 heavy (non-hydrogen) atoms. The van der Waals surface area contributed by atoms with Gasteiger partial charge >= 0.3 is 0 Å². The molecule has 2 rings (SSSR count). The summed E-state index contributed by atoms with van der Waals surface area (Å²) < 4.78 is 26.3. The summed E-state index contributed by atoms with van der Waals surface area (Å²) in [4.78, 5) is 12.1. The van der Waals surface area contributed by atoms with Gasteiger partial charge in [0.05, 0.1) is 11.4 Å². The maximum Gasteiger partial charge on any atom is 0.169 e. The molecular weight excluding hydrogens is 250 g/mol. The van der Waals surface area contributed by atoms with Gasteiger partial charge in [-0.2, -0.15) is 10.2 Å².